The number of alkyl halides is 3. The molecular weight excluding hydrogens is 301 g/mol. The molecule has 0 radical (unpaired) electrons. The summed E-state index contributed by atoms with van der Waals surface area (Å²) in [6.45, 7) is 1.44. The van der Waals surface area contributed by atoms with Crippen molar-refractivity contribution in [2.45, 2.75) is 13.1 Å². The monoisotopic (exact) mass is 312 g/mol. The first kappa shape index (κ1) is 15.9. The predicted octanol–water partition coefficient (Wildman–Crippen LogP) is 1.96. The fourth-order valence-electron chi connectivity index (χ4n) is 1.77. The van der Waals surface area contributed by atoms with Crippen LogP contribution < -0.4 is 0 Å². The Bertz CT molecular complexity index is 661. The van der Waals surface area contributed by atoms with Crippen molar-refractivity contribution >= 4 is 17.5 Å². The SMILES string of the molecule is CCOC(=O)C1=CC(c2ccc(C(F)(F)F)nc2)=NCC1=O. The van der Waals surface area contributed by atoms with Crippen molar-refractivity contribution in [2.75, 3.05) is 13.2 Å². The van der Waals surface area contributed by atoms with Crippen LogP contribution in [0.3, 0.4) is 0 Å². The zero-order valence-electron chi connectivity index (χ0n) is 11.5. The van der Waals surface area contributed by atoms with Gasteiger partial charge in [-0.3, -0.25) is 14.8 Å². The van der Waals surface area contributed by atoms with Gasteiger partial charge in [-0.15, -0.1) is 0 Å². The van der Waals surface area contributed by atoms with Gasteiger partial charge in [0.25, 0.3) is 0 Å². The molecular formula is C14H11F3N2O3. The summed E-state index contributed by atoms with van der Waals surface area (Å²) >= 11 is 0. The van der Waals surface area contributed by atoms with Gasteiger partial charge in [0.05, 0.1) is 12.3 Å². The Morgan fingerprint density at radius 3 is 2.64 bits per heavy atom. The Balaban J connectivity index is 2.29. The summed E-state index contributed by atoms with van der Waals surface area (Å²) in [7, 11) is 0. The second kappa shape index (κ2) is 6.08. The summed E-state index contributed by atoms with van der Waals surface area (Å²) in [6, 6.07) is 2.00. The Morgan fingerprint density at radius 1 is 1.36 bits per heavy atom. The van der Waals surface area contributed by atoms with Gasteiger partial charge in [0.2, 0.25) is 0 Å². The number of ketones is 1. The number of nitrogens with zero attached hydrogens (tertiary/aromatic N) is 2. The van der Waals surface area contributed by atoms with Crippen LogP contribution in [-0.2, 0) is 20.5 Å². The molecule has 0 N–H and O–H groups in total. The Kier molecular flexibility index (Phi) is 4.39. The van der Waals surface area contributed by atoms with Crippen LogP contribution in [0, 0.1) is 0 Å². The number of Topliss-reactive ketones (excluding diaryl/α,β-unsaturated/α-hetero) is 1. The van der Waals surface area contributed by atoms with Crippen LogP contribution in [0.5, 0.6) is 0 Å². The maximum Gasteiger partial charge on any atom is 0.433 e. The molecule has 8 heteroatoms. The summed E-state index contributed by atoms with van der Waals surface area (Å²) in [5, 5.41) is 0. The molecule has 0 spiro atoms. The number of hydrogen-bond donors (Lipinski definition) is 0. The van der Waals surface area contributed by atoms with E-state index in [1.54, 1.807) is 6.92 Å². The van der Waals surface area contributed by atoms with Crippen molar-refractivity contribution in [3.05, 3.63) is 41.2 Å². The number of esters is 1. The maximum absolute atomic E-state index is 12.5. The van der Waals surface area contributed by atoms with Crippen molar-refractivity contribution < 1.29 is 27.5 Å². The van der Waals surface area contributed by atoms with E-state index >= 15 is 0 Å². The zero-order valence-corrected chi connectivity index (χ0v) is 11.5. The smallest absolute Gasteiger partial charge is 0.433 e. The number of halogens is 3. The lowest BCUT2D eigenvalue weighted by molar-refractivity contribution is -0.141. The standard InChI is InChI=1S/C14H11F3N2O3/c1-2-22-13(21)9-5-10(18-7-11(9)20)8-3-4-12(19-6-8)14(15,16)17/h3-6H,2,7H2,1H3. The lowest BCUT2D eigenvalue weighted by atomic mass is 10.0. The summed E-state index contributed by atoms with van der Waals surface area (Å²) < 4.78 is 42.1. The molecule has 116 valence electrons. The van der Waals surface area contributed by atoms with Crippen LogP contribution in [-0.4, -0.2) is 35.6 Å². The van der Waals surface area contributed by atoms with Gasteiger partial charge in [0.15, 0.2) is 5.78 Å². The third-order valence-electron chi connectivity index (χ3n) is 2.82. The molecule has 0 unspecified atom stereocenters. The minimum absolute atomic E-state index is 0.109. The third kappa shape index (κ3) is 3.38. The number of carbonyl (C=O) groups is 2. The highest BCUT2D eigenvalue weighted by Gasteiger charge is 2.32. The fraction of sp³-hybridized carbons (Fsp3) is 0.286. The molecule has 2 rings (SSSR count). The molecule has 5 nitrogen and oxygen atoms in total. The number of ether oxygens (including phenoxy) is 1. The van der Waals surface area contributed by atoms with E-state index in [0.717, 1.165) is 12.3 Å². The van der Waals surface area contributed by atoms with Crippen LogP contribution >= 0.6 is 0 Å². The van der Waals surface area contributed by atoms with Gasteiger partial charge in [0, 0.05) is 11.8 Å². The van der Waals surface area contributed by atoms with E-state index in [4.69, 9.17) is 4.74 Å². The summed E-state index contributed by atoms with van der Waals surface area (Å²) in [5.41, 5.74) is -0.712. The van der Waals surface area contributed by atoms with E-state index in [1.165, 1.54) is 12.1 Å². The highest BCUT2D eigenvalue weighted by atomic mass is 19.4. The molecule has 1 aliphatic heterocycles. The highest BCUT2D eigenvalue weighted by molar-refractivity contribution is 6.26. The average Bonchev–Trinajstić information content (AvgIpc) is 2.47. The molecule has 0 saturated heterocycles. The number of dihydropyridines is 1. The zero-order chi connectivity index (χ0) is 16.3. The van der Waals surface area contributed by atoms with Crippen LogP contribution in [0.1, 0.15) is 18.2 Å². The molecule has 22 heavy (non-hydrogen) atoms. The van der Waals surface area contributed by atoms with E-state index in [-0.39, 0.29) is 30.0 Å². The van der Waals surface area contributed by atoms with Gasteiger partial charge in [-0.1, -0.05) is 0 Å². The normalized spacial score (nSPS) is 15.2. The van der Waals surface area contributed by atoms with E-state index in [1.807, 2.05) is 0 Å². The second-order valence-corrected chi connectivity index (χ2v) is 4.33. The molecule has 0 fully saturated rings. The van der Waals surface area contributed by atoms with Crippen LogP contribution in [0.2, 0.25) is 0 Å². The van der Waals surface area contributed by atoms with Gasteiger partial charge in [0.1, 0.15) is 17.8 Å². The van der Waals surface area contributed by atoms with Crippen LogP contribution in [0.25, 0.3) is 0 Å². The molecule has 1 aromatic rings. The first-order valence-electron chi connectivity index (χ1n) is 6.33. The van der Waals surface area contributed by atoms with Crippen molar-refractivity contribution in [1.82, 2.24) is 4.98 Å². The highest BCUT2D eigenvalue weighted by Crippen LogP contribution is 2.27. The summed E-state index contributed by atoms with van der Waals surface area (Å²) in [4.78, 5) is 30.5. The van der Waals surface area contributed by atoms with E-state index in [0.29, 0.717) is 0 Å². The lowest BCUT2D eigenvalue weighted by Gasteiger charge is -2.12. The number of carbonyl (C=O) groups excluding carboxylic acids is 2. The van der Waals surface area contributed by atoms with Gasteiger partial charge in [-0.2, -0.15) is 13.2 Å². The van der Waals surface area contributed by atoms with Gasteiger partial charge < -0.3 is 4.74 Å². The number of aliphatic imine (C=N–C) groups is 1. The Labute approximate surface area is 123 Å². The van der Waals surface area contributed by atoms with E-state index < -0.39 is 23.6 Å². The predicted molar refractivity (Wildman–Crippen MR) is 70.4 cm³/mol. The number of pyridine rings is 1. The molecule has 0 amide bonds. The number of allylic oxidation sites excluding steroid dienone is 1. The van der Waals surface area contributed by atoms with Crippen LogP contribution in [0.15, 0.2) is 35.0 Å². The fourth-order valence-corrected chi connectivity index (χ4v) is 1.77. The second-order valence-electron chi connectivity index (χ2n) is 4.33. The Hall–Kier alpha value is -2.51. The van der Waals surface area contributed by atoms with E-state index in [9.17, 15) is 22.8 Å². The summed E-state index contributed by atoms with van der Waals surface area (Å²) in [6.07, 6.45) is -2.33. The summed E-state index contributed by atoms with van der Waals surface area (Å²) in [5.74, 6) is -1.28. The van der Waals surface area contributed by atoms with Gasteiger partial charge >= 0.3 is 12.1 Å². The number of hydrogen-bond acceptors (Lipinski definition) is 5. The first-order chi connectivity index (χ1) is 10.3. The molecule has 1 aliphatic rings. The minimum atomic E-state index is -4.53. The largest absolute Gasteiger partial charge is 0.462 e. The van der Waals surface area contributed by atoms with Crippen molar-refractivity contribution in [3.63, 3.8) is 0 Å². The van der Waals surface area contributed by atoms with Gasteiger partial charge in [-0.25, -0.2) is 4.79 Å². The number of aromatic nitrogens is 1. The number of rotatable bonds is 3. The first-order valence-corrected chi connectivity index (χ1v) is 6.33. The van der Waals surface area contributed by atoms with Crippen molar-refractivity contribution in [1.29, 1.82) is 0 Å². The van der Waals surface area contributed by atoms with Crippen LogP contribution in [0.4, 0.5) is 13.2 Å². The van der Waals surface area contributed by atoms with Crippen molar-refractivity contribution in [2.24, 2.45) is 4.99 Å². The molecule has 0 bridgehead atoms. The quantitative estimate of drug-likeness (QED) is 0.632. The van der Waals surface area contributed by atoms with E-state index in [2.05, 4.69) is 9.98 Å². The lowest BCUT2D eigenvalue weighted by Crippen LogP contribution is -2.23. The topological polar surface area (TPSA) is 68.6 Å². The minimum Gasteiger partial charge on any atom is -0.462 e. The molecule has 0 atom stereocenters. The molecule has 0 saturated carbocycles. The molecule has 1 aromatic heterocycles. The molecule has 0 aromatic carbocycles. The maximum atomic E-state index is 12.5. The van der Waals surface area contributed by atoms with Gasteiger partial charge in [-0.05, 0) is 25.1 Å². The third-order valence-corrected chi connectivity index (χ3v) is 2.82. The Morgan fingerprint density at radius 2 is 2.09 bits per heavy atom. The van der Waals surface area contributed by atoms with Crippen molar-refractivity contribution in [3.8, 4) is 0 Å². The molecule has 0 aliphatic carbocycles. The molecule has 2 heterocycles. The average molecular weight is 312 g/mol.